The standard InChI is InChI=1S/C16H11N5O3S/c22-15(8-1-2-9-10(5-8)20-21-19-9)18-16-17-11-6-12-13(7-14(11)25-16)24-4-3-23-12/h1-2,5-7H,3-4H2,(H,17,18,22)(H,19,20,21). The van der Waals surface area contributed by atoms with E-state index in [1.54, 1.807) is 18.2 Å². The molecule has 25 heavy (non-hydrogen) atoms. The summed E-state index contributed by atoms with van der Waals surface area (Å²) in [6, 6.07) is 8.85. The van der Waals surface area contributed by atoms with Crippen LogP contribution >= 0.6 is 11.3 Å². The van der Waals surface area contributed by atoms with Gasteiger partial charge in [0.1, 0.15) is 24.2 Å². The minimum Gasteiger partial charge on any atom is -0.486 e. The lowest BCUT2D eigenvalue weighted by atomic mass is 10.2. The van der Waals surface area contributed by atoms with Crippen LogP contribution < -0.4 is 14.8 Å². The maximum atomic E-state index is 12.5. The van der Waals surface area contributed by atoms with Crippen LogP contribution in [0.15, 0.2) is 30.3 Å². The van der Waals surface area contributed by atoms with E-state index < -0.39 is 0 Å². The van der Waals surface area contributed by atoms with Crippen LogP contribution in [-0.2, 0) is 0 Å². The van der Waals surface area contributed by atoms with Crippen molar-refractivity contribution in [2.24, 2.45) is 0 Å². The Labute approximate surface area is 144 Å². The number of carbonyl (C=O) groups excluding carboxylic acids is 1. The molecule has 1 aliphatic heterocycles. The van der Waals surface area contributed by atoms with Gasteiger partial charge < -0.3 is 9.47 Å². The Morgan fingerprint density at radius 2 is 1.84 bits per heavy atom. The monoisotopic (exact) mass is 353 g/mol. The second-order valence-corrected chi connectivity index (χ2v) is 6.49. The van der Waals surface area contributed by atoms with E-state index in [0.29, 0.717) is 46.4 Å². The van der Waals surface area contributed by atoms with Crippen molar-refractivity contribution in [3.05, 3.63) is 35.9 Å². The highest BCUT2D eigenvalue weighted by atomic mass is 32.1. The quantitative estimate of drug-likeness (QED) is 0.574. The van der Waals surface area contributed by atoms with Crippen molar-refractivity contribution in [3.8, 4) is 11.5 Å². The van der Waals surface area contributed by atoms with E-state index in [1.807, 2.05) is 12.1 Å². The maximum absolute atomic E-state index is 12.5. The average molecular weight is 353 g/mol. The van der Waals surface area contributed by atoms with Gasteiger partial charge in [0.25, 0.3) is 5.91 Å². The SMILES string of the molecule is O=C(Nc1nc2cc3c(cc2s1)OCCO3)c1ccc2n[nH]nc2c1. The molecule has 0 unspecified atom stereocenters. The zero-order chi connectivity index (χ0) is 16.8. The molecule has 0 fully saturated rings. The van der Waals surface area contributed by atoms with Crippen molar-refractivity contribution in [2.75, 3.05) is 18.5 Å². The van der Waals surface area contributed by atoms with Gasteiger partial charge in [0.15, 0.2) is 16.6 Å². The Balaban J connectivity index is 1.45. The average Bonchev–Trinajstić information content (AvgIpc) is 3.24. The molecule has 0 bridgehead atoms. The topological polar surface area (TPSA) is 102 Å². The largest absolute Gasteiger partial charge is 0.486 e. The summed E-state index contributed by atoms with van der Waals surface area (Å²) in [4.78, 5) is 16.9. The van der Waals surface area contributed by atoms with Crippen molar-refractivity contribution in [2.45, 2.75) is 0 Å². The number of nitrogens with one attached hydrogen (secondary N) is 2. The molecule has 0 aliphatic carbocycles. The highest BCUT2D eigenvalue weighted by Crippen LogP contribution is 2.37. The molecular weight excluding hydrogens is 342 g/mol. The lowest BCUT2D eigenvalue weighted by Gasteiger charge is -2.17. The highest BCUT2D eigenvalue weighted by molar-refractivity contribution is 7.22. The predicted octanol–water partition coefficient (Wildman–Crippen LogP) is 2.59. The fraction of sp³-hybridized carbons (Fsp3) is 0.125. The second-order valence-electron chi connectivity index (χ2n) is 5.46. The van der Waals surface area contributed by atoms with Gasteiger partial charge in [-0.3, -0.25) is 10.1 Å². The number of nitrogens with zero attached hydrogens (tertiary/aromatic N) is 3. The fourth-order valence-electron chi connectivity index (χ4n) is 2.67. The molecule has 2 N–H and O–H groups in total. The van der Waals surface area contributed by atoms with Gasteiger partial charge in [0.05, 0.1) is 10.2 Å². The van der Waals surface area contributed by atoms with E-state index in [-0.39, 0.29) is 5.91 Å². The molecule has 4 aromatic rings. The van der Waals surface area contributed by atoms with Gasteiger partial charge in [-0.1, -0.05) is 11.3 Å². The van der Waals surface area contributed by atoms with Gasteiger partial charge in [0, 0.05) is 17.7 Å². The lowest BCUT2D eigenvalue weighted by molar-refractivity contribution is 0.102. The van der Waals surface area contributed by atoms with E-state index in [2.05, 4.69) is 25.7 Å². The Morgan fingerprint density at radius 1 is 1.04 bits per heavy atom. The summed E-state index contributed by atoms with van der Waals surface area (Å²) in [6.07, 6.45) is 0. The van der Waals surface area contributed by atoms with Crippen molar-refractivity contribution in [3.63, 3.8) is 0 Å². The summed E-state index contributed by atoms with van der Waals surface area (Å²) in [5, 5.41) is 13.8. The summed E-state index contributed by atoms with van der Waals surface area (Å²) in [5.74, 6) is 1.14. The first kappa shape index (κ1) is 14.2. The zero-order valence-electron chi connectivity index (χ0n) is 12.8. The molecule has 124 valence electrons. The van der Waals surface area contributed by atoms with Crippen LogP contribution in [0.2, 0.25) is 0 Å². The van der Waals surface area contributed by atoms with E-state index in [1.165, 1.54) is 11.3 Å². The number of benzene rings is 2. The summed E-state index contributed by atoms with van der Waals surface area (Å²) in [7, 11) is 0. The number of hydrogen-bond acceptors (Lipinski definition) is 7. The molecule has 8 nitrogen and oxygen atoms in total. The number of rotatable bonds is 2. The molecule has 0 radical (unpaired) electrons. The molecule has 9 heteroatoms. The Hall–Kier alpha value is -3.20. The number of H-pyrrole nitrogens is 1. The van der Waals surface area contributed by atoms with E-state index in [4.69, 9.17) is 9.47 Å². The minimum absolute atomic E-state index is 0.249. The molecule has 0 saturated heterocycles. The number of thiazole rings is 1. The van der Waals surface area contributed by atoms with E-state index >= 15 is 0 Å². The Morgan fingerprint density at radius 3 is 2.72 bits per heavy atom. The van der Waals surface area contributed by atoms with Gasteiger partial charge in [-0.05, 0) is 18.2 Å². The number of hydrogen-bond donors (Lipinski definition) is 2. The number of aromatic nitrogens is 4. The third-order valence-corrected chi connectivity index (χ3v) is 4.78. The Kier molecular flexibility index (Phi) is 3.07. The molecule has 2 aromatic carbocycles. The van der Waals surface area contributed by atoms with Gasteiger partial charge in [-0.2, -0.15) is 15.4 Å². The van der Waals surface area contributed by atoms with Crippen molar-refractivity contribution < 1.29 is 14.3 Å². The summed E-state index contributed by atoms with van der Waals surface area (Å²) < 4.78 is 12.1. The third kappa shape index (κ3) is 2.45. The molecule has 0 atom stereocenters. The second kappa shape index (κ2) is 5.42. The van der Waals surface area contributed by atoms with Crippen molar-refractivity contribution in [1.82, 2.24) is 20.4 Å². The van der Waals surface area contributed by atoms with Crippen LogP contribution in [0.25, 0.3) is 21.3 Å². The van der Waals surface area contributed by atoms with Gasteiger partial charge >= 0.3 is 0 Å². The Bertz CT molecular complexity index is 1080. The number of aromatic amines is 1. The molecule has 1 amide bonds. The lowest BCUT2D eigenvalue weighted by Crippen LogP contribution is -2.15. The van der Waals surface area contributed by atoms with Crippen LogP contribution in [0.5, 0.6) is 11.5 Å². The first-order chi connectivity index (χ1) is 12.3. The van der Waals surface area contributed by atoms with Crippen LogP contribution in [0.1, 0.15) is 10.4 Å². The smallest absolute Gasteiger partial charge is 0.257 e. The summed E-state index contributed by atoms with van der Waals surface area (Å²) in [6.45, 7) is 1.06. The van der Waals surface area contributed by atoms with Crippen LogP contribution in [0, 0.1) is 0 Å². The molecule has 2 aromatic heterocycles. The molecule has 1 aliphatic rings. The molecule has 3 heterocycles. The number of anilines is 1. The summed E-state index contributed by atoms with van der Waals surface area (Å²) >= 11 is 1.39. The maximum Gasteiger partial charge on any atom is 0.257 e. The number of carbonyl (C=O) groups is 1. The molecule has 0 spiro atoms. The molecular formula is C16H11N5O3S. The number of amides is 1. The molecule has 0 saturated carbocycles. The number of ether oxygens (including phenoxy) is 2. The van der Waals surface area contributed by atoms with E-state index in [9.17, 15) is 4.79 Å². The normalized spacial score (nSPS) is 13.3. The van der Waals surface area contributed by atoms with Crippen molar-refractivity contribution >= 4 is 43.6 Å². The zero-order valence-corrected chi connectivity index (χ0v) is 13.6. The highest BCUT2D eigenvalue weighted by Gasteiger charge is 2.16. The van der Waals surface area contributed by atoms with Crippen molar-refractivity contribution in [1.29, 1.82) is 0 Å². The van der Waals surface area contributed by atoms with Gasteiger partial charge in [-0.15, -0.1) is 0 Å². The van der Waals surface area contributed by atoms with Gasteiger partial charge in [-0.25, -0.2) is 4.98 Å². The van der Waals surface area contributed by atoms with Crippen LogP contribution in [-0.4, -0.2) is 39.5 Å². The van der Waals surface area contributed by atoms with Crippen LogP contribution in [0.3, 0.4) is 0 Å². The first-order valence-electron chi connectivity index (χ1n) is 7.58. The fourth-order valence-corrected chi connectivity index (χ4v) is 3.54. The number of fused-ring (bicyclic) bond motifs is 3. The van der Waals surface area contributed by atoms with E-state index in [0.717, 1.165) is 10.2 Å². The molecule has 5 rings (SSSR count). The van der Waals surface area contributed by atoms with Gasteiger partial charge in [0.2, 0.25) is 0 Å². The first-order valence-corrected chi connectivity index (χ1v) is 8.40. The third-order valence-electron chi connectivity index (χ3n) is 3.85. The van der Waals surface area contributed by atoms with Crippen LogP contribution in [0.4, 0.5) is 5.13 Å². The predicted molar refractivity (Wildman–Crippen MR) is 92.5 cm³/mol. The summed E-state index contributed by atoms with van der Waals surface area (Å²) in [5.41, 5.74) is 2.60. The minimum atomic E-state index is -0.249.